The summed E-state index contributed by atoms with van der Waals surface area (Å²) in [5.41, 5.74) is 7.13. The first-order valence-corrected chi connectivity index (χ1v) is 7.86. The molecule has 6 nitrogen and oxygen atoms in total. The Balaban J connectivity index is 1.57. The van der Waals surface area contributed by atoms with E-state index in [0.29, 0.717) is 37.5 Å². The highest BCUT2D eigenvalue weighted by Crippen LogP contribution is 2.35. The van der Waals surface area contributed by atoms with Gasteiger partial charge in [0.25, 0.3) is 0 Å². The molecule has 0 fully saturated rings. The topological polar surface area (TPSA) is 82.8 Å². The van der Waals surface area contributed by atoms with Crippen LogP contribution in [0.25, 0.3) is 0 Å². The van der Waals surface area contributed by atoms with Crippen LogP contribution in [0.15, 0.2) is 42.5 Å². The normalized spacial score (nSPS) is 12.0. The van der Waals surface area contributed by atoms with E-state index >= 15 is 0 Å². The summed E-state index contributed by atoms with van der Waals surface area (Å²) in [6.07, 6.45) is 1.10. The number of carbonyl (C=O) groups excluding carboxylic acids is 1. The molecule has 0 spiro atoms. The summed E-state index contributed by atoms with van der Waals surface area (Å²) in [6.45, 7) is 1.15. The number of nitrogens with one attached hydrogen (secondary N) is 1. The predicted octanol–water partition coefficient (Wildman–Crippen LogP) is 2.67. The molecule has 0 aromatic heterocycles. The maximum Gasteiger partial charge on any atom is 0.231 e. The average Bonchev–Trinajstić information content (AvgIpc) is 3.06. The first-order chi connectivity index (χ1) is 11.7. The Kier molecular flexibility index (Phi) is 5.18. The highest BCUT2D eigenvalue weighted by atomic mass is 16.7. The second-order valence-corrected chi connectivity index (χ2v) is 5.44. The third-order valence-electron chi connectivity index (χ3n) is 3.57. The van der Waals surface area contributed by atoms with Gasteiger partial charge in [0.1, 0.15) is 12.4 Å². The van der Waals surface area contributed by atoms with Crippen molar-refractivity contribution in [2.45, 2.75) is 19.4 Å². The maximum absolute atomic E-state index is 11.7. The summed E-state index contributed by atoms with van der Waals surface area (Å²) < 4.78 is 16.4. The van der Waals surface area contributed by atoms with Gasteiger partial charge in [-0.2, -0.15) is 0 Å². The van der Waals surface area contributed by atoms with Gasteiger partial charge in [-0.25, -0.2) is 0 Å². The molecule has 1 amide bonds. The lowest BCUT2D eigenvalue weighted by Crippen LogP contribution is -2.13. The number of benzene rings is 2. The molecule has 0 saturated heterocycles. The molecule has 3 N–H and O–H groups in total. The first kappa shape index (κ1) is 16.1. The summed E-state index contributed by atoms with van der Waals surface area (Å²) >= 11 is 0. The summed E-state index contributed by atoms with van der Waals surface area (Å²) in [5, 5.41) is 2.86. The second-order valence-electron chi connectivity index (χ2n) is 5.44. The van der Waals surface area contributed by atoms with Gasteiger partial charge in [-0.3, -0.25) is 4.79 Å². The van der Waals surface area contributed by atoms with Crippen LogP contribution in [0.3, 0.4) is 0 Å². The highest BCUT2D eigenvalue weighted by molar-refractivity contribution is 5.90. The average molecular weight is 328 g/mol. The first-order valence-electron chi connectivity index (χ1n) is 7.86. The number of hydrogen-bond donors (Lipinski definition) is 2. The summed E-state index contributed by atoms with van der Waals surface area (Å²) in [6, 6.07) is 13.1. The standard InChI is InChI=1S/C18H20N2O4/c19-8-2-5-18(21)20-14-4-1-3-13(9-14)11-22-15-6-7-16-17(10-15)24-12-23-16/h1,3-4,6-7,9-10H,2,5,8,11-12,19H2,(H,20,21). The van der Waals surface area contributed by atoms with E-state index in [2.05, 4.69) is 5.32 Å². The minimum Gasteiger partial charge on any atom is -0.489 e. The predicted molar refractivity (Wildman–Crippen MR) is 90.3 cm³/mol. The molecular weight excluding hydrogens is 308 g/mol. The van der Waals surface area contributed by atoms with Crippen LogP contribution in [-0.4, -0.2) is 19.2 Å². The number of amides is 1. The van der Waals surface area contributed by atoms with Crippen molar-refractivity contribution in [3.63, 3.8) is 0 Å². The van der Waals surface area contributed by atoms with Crippen LogP contribution in [0.1, 0.15) is 18.4 Å². The maximum atomic E-state index is 11.7. The number of rotatable bonds is 7. The molecule has 1 aliphatic rings. The second kappa shape index (κ2) is 7.70. The number of nitrogens with two attached hydrogens (primary N) is 1. The van der Waals surface area contributed by atoms with Gasteiger partial charge in [0.15, 0.2) is 11.5 Å². The minimum atomic E-state index is -0.0331. The summed E-state index contributed by atoms with van der Waals surface area (Å²) in [4.78, 5) is 11.7. The lowest BCUT2D eigenvalue weighted by Gasteiger charge is -2.09. The fraction of sp³-hybridized carbons (Fsp3) is 0.278. The van der Waals surface area contributed by atoms with Crippen molar-refractivity contribution in [1.29, 1.82) is 0 Å². The Hall–Kier alpha value is -2.73. The molecule has 1 aliphatic heterocycles. The molecule has 3 rings (SSSR count). The zero-order valence-corrected chi connectivity index (χ0v) is 13.3. The third kappa shape index (κ3) is 4.17. The molecule has 6 heteroatoms. The van der Waals surface area contributed by atoms with Crippen molar-refractivity contribution in [2.24, 2.45) is 5.73 Å². The monoisotopic (exact) mass is 328 g/mol. The van der Waals surface area contributed by atoms with Gasteiger partial charge < -0.3 is 25.3 Å². The van der Waals surface area contributed by atoms with Gasteiger partial charge in [0.05, 0.1) is 0 Å². The Morgan fingerprint density at radius 3 is 2.92 bits per heavy atom. The van der Waals surface area contributed by atoms with Crippen molar-refractivity contribution in [2.75, 3.05) is 18.7 Å². The molecule has 2 aromatic rings. The van der Waals surface area contributed by atoms with Crippen LogP contribution >= 0.6 is 0 Å². The van der Waals surface area contributed by atoms with Crippen LogP contribution < -0.4 is 25.3 Å². The van der Waals surface area contributed by atoms with E-state index in [4.69, 9.17) is 19.9 Å². The molecular formula is C18H20N2O4. The fourth-order valence-corrected chi connectivity index (χ4v) is 2.36. The van der Waals surface area contributed by atoms with Gasteiger partial charge in [0, 0.05) is 18.2 Å². The molecule has 0 radical (unpaired) electrons. The zero-order chi connectivity index (χ0) is 16.8. The molecule has 0 aliphatic carbocycles. The van der Waals surface area contributed by atoms with E-state index in [1.807, 2.05) is 36.4 Å². The fourth-order valence-electron chi connectivity index (χ4n) is 2.36. The Morgan fingerprint density at radius 1 is 1.17 bits per heavy atom. The van der Waals surface area contributed by atoms with Crippen LogP contribution in [-0.2, 0) is 11.4 Å². The number of fused-ring (bicyclic) bond motifs is 1. The molecule has 0 unspecified atom stereocenters. The molecule has 0 saturated carbocycles. The van der Waals surface area contributed by atoms with Gasteiger partial charge in [-0.15, -0.1) is 0 Å². The minimum absolute atomic E-state index is 0.0331. The van der Waals surface area contributed by atoms with Crippen molar-refractivity contribution in [1.82, 2.24) is 0 Å². The largest absolute Gasteiger partial charge is 0.489 e. The van der Waals surface area contributed by atoms with Crippen LogP contribution in [0.5, 0.6) is 17.2 Å². The van der Waals surface area contributed by atoms with Crippen molar-refractivity contribution >= 4 is 11.6 Å². The van der Waals surface area contributed by atoms with E-state index in [1.54, 1.807) is 6.07 Å². The van der Waals surface area contributed by atoms with Gasteiger partial charge in [0.2, 0.25) is 12.7 Å². The van der Waals surface area contributed by atoms with E-state index < -0.39 is 0 Å². The van der Waals surface area contributed by atoms with Crippen molar-refractivity contribution in [3.8, 4) is 17.2 Å². The SMILES string of the molecule is NCCCC(=O)Nc1cccc(COc2ccc3c(c2)OCO3)c1. The van der Waals surface area contributed by atoms with E-state index in [-0.39, 0.29) is 12.7 Å². The molecule has 24 heavy (non-hydrogen) atoms. The summed E-state index contributed by atoms with van der Waals surface area (Å²) in [5.74, 6) is 2.09. The Morgan fingerprint density at radius 2 is 2.04 bits per heavy atom. The van der Waals surface area contributed by atoms with Crippen LogP contribution in [0.2, 0.25) is 0 Å². The highest BCUT2D eigenvalue weighted by Gasteiger charge is 2.13. The number of ether oxygens (including phenoxy) is 3. The van der Waals surface area contributed by atoms with Crippen molar-refractivity contribution in [3.05, 3.63) is 48.0 Å². The molecule has 2 aromatic carbocycles. The molecule has 1 heterocycles. The van der Waals surface area contributed by atoms with Crippen LogP contribution in [0.4, 0.5) is 5.69 Å². The summed E-state index contributed by atoms with van der Waals surface area (Å²) in [7, 11) is 0. The number of anilines is 1. The van der Waals surface area contributed by atoms with E-state index in [1.165, 1.54) is 0 Å². The number of hydrogen-bond acceptors (Lipinski definition) is 5. The quantitative estimate of drug-likeness (QED) is 0.816. The molecule has 0 bridgehead atoms. The Bertz CT molecular complexity index is 718. The number of carbonyl (C=O) groups is 1. The van der Waals surface area contributed by atoms with Gasteiger partial charge in [-0.1, -0.05) is 12.1 Å². The van der Waals surface area contributed by atoms with Gasteiger partial charge >= 0.3 is 0 Å². The molecule has 0 atom stereocenters. The van der Waals surface area contributed by atoms with Crippen LogP contribution in [0, 0.1) is 0 Å². The lowest BCUT2D eigenvalue weighted by atomic mass is 10.2. The lowest BCUT2D eigenvalue weighted by molar-refractivity contribution is -0.116. The smallest absolute Gasteiger partial charge is 0.231 e. The van der Waals surface area contributed by atoms with Gasteiger partial charge in [-0.05, 0) is 42.8 Å². The third-order valence-corrected chi connectivity index (χ3v) is 3.57. The Labute approximate surface area is 140 Å². The van der Waals surface area contributed by atoms with Crippen molar-refractivity contribution < 1.29 is 19.0 Å². The van der Waals surface area contributed by atoms with E-state index in [0.717, 1.165) is 17.0 Å². The van der Waals surface area contributed by atoms with E-state index in [9.17, 15) is 4.79 Å². The zero-order valence-electron chi connectivity index (χ0n) is 13.3. The molecule has 126 valence electrons.